The van der Waals surface area contributed by atoms with E-state index < -0.39 is 0 Å². The van der Waals surface area contributed by atoms with Gasteiger partial charge in [-0.05, 0) is 13.3 Å². The van der Waals surface area contributed by atoms with Crippen molar-refractivity contribution in [3.05, 3.63) is 11.5 Å². The third-order valence-corrected chi connectivity index (χ3v) is 2.92. The summed E-state index contributed by atoms with van der Waals surface area (Å²) in [4.78, 5) is 4.67. The standard InChI is InChI=1S/C11H21N5/c1-3-5-6-15-7-10-11(12-4-2)14-13-8-16(10)9-15/h8,12,14H,3-7,9H2,1-2H3. The molecule has 0 aromatic carbocycles. The van der Waals surface area contributed by atoms with E-state index in [0.29, 0.717) is 0 Å². The average Bonchev–Trinajstić information content (AvgIpc) is 2.70. The topological polar surface area (TPSA) is 42.9 Å². The second-order valence-electron chi connectivity index (χ2n) is 4.23. The molecule has 0 bridgehead atoms. The Morgan fingerprint density at radius 2 is 2.38 bits per heavy atom. The van der Waals surface area contributed by atoms with Crippen molar-refractivity contribution in [3.63, 3.8) is 0 Å². The third kappa shape index (κ3) is 2.29. The van der Waals surface area contributed by atoms with Crippen molar-refractivity contribution in [2.24, 2.45) is 5.10 Å². The molecular weight excluding hydrogens is 202 g/mol. The first-order chi connectivity index (χ1) is 7.85. The van der Waals surface area contributed by atoms with Gasteiger partial charge in [0.05, 0.1) is 12.4 Å². The Labute approximate surface area is 97.2 Å². The van der Waals surface area contributed by atoms with E-state index in [-0.39, 0.29) is 0 Å². The molecule has 0 spiro atoms. The van der Waals surface area contributed by atoms with Crippen molar-refractivity contribution in [2.75, 3.05) is 26.3 Å². The van der Waals surface area contributed by atoms with Crippen LogP contribution < -0.4 is 10.7 Å². The number of nitrogens with one attached hydrogen (secondary N) is 2. The van der Waals surface area contributed by atoms with Gasteiger partial charge in [0.15, 0.2) is 0 Å². The van der Waals surface area contributed by atoms with E-state index in [9.17, 15) is 0 Å². The number of hydrogen-bond donors (Lipinski definition) is 2. The van der Waals surface area contributed by atoms with E-state index in [0.717, 1.165) is 25.6 Å². The van der Waals surface area contributed by atoms with Gasteiger partial charge < -0.3 is 10.2 Å². The lowest BCUT2D eigenvalue weighted by molar-refractivity contribution is 0.298. The van der Waals surface area contributed by atoms with Crippen LogP contribution >= 0.6 is 0 Å². The highest BCUT2D eigenvalue weighted by Crippen LogP contribution is 2.19. The van der Waals surface area contributed by atoms with E-state index in [2.05, 4.69) is 39.5 Å². The molecule has 90 valence electrons. The van der Waals surface area contributed by atoms with Crippen molar-refractivity contribution < 1.29 is 0 Å². The van der Waals surface area contributed by atoms with Crippen molar-refractivity contribution in [2.45, 2.75) is 26.7 Å². The minimum atomic E-state index is 0.921. The van der Waals surface area contributed by atoms with Crippen LogP contribution in [0, 0.1) is 0 Å². The zero-order chi connectivity index (χ0) is 11.4. The molecule has 2 rings (SSSR count). The zero-order valence-electron chi connectivity index (χ0n) is 10.2. The van der Waals surface area contributed by atoms with Crippen LogP contribution in [0.2, 0.25) is 0 Å². The molecule has 0 unspecified atom stereocenters. The largest absolute Gasteiger partial charge is 0.369 e. The van der Waals surface area contributed by atoms with Crippen molar-refractivity contribution in [3.8, 4) is 0 Å². The highest BCUT2D eigenvalue weighted by molar-refractivity contribution is 5.60. The Hall–Kier alpha value is -1.23. The van der Waals surface area contributed by atoms with Crippen LogP contribution in [-0.4, -0.2) is 42.4 Å². The van der Waals surface area contributed by atoms with E-state index >= 15 is 0 Å². The fraction of sp³-hybridized carbons (Fsp3) is 0.727. The van der Waals surface area contributed by atoms with Gasteiger partial charge in [-0.1, -0.05) is 13.3 Å². The summed E-state index contributed by atoms with van der Waals surface area (Å²) in [6.07, 6.45) is 4.40. The molecule has 5 nitrogen and oxygen atoms in total. The van der Waals surface area contributed by atoms with Gasteiger partial charge in [0, 0.05) is 19.6 Å². The first kappa shape index (κ1) is 11.3. The SMILES string of the molecule is CCCCN1CC2=C(NCC)NN=CN2C1. The summed E-state index contributed by atoms with van der Waals surface area (Å²) in [5, 5.41) is 7.46. The Morgan fingerprint density at radius 1 is 1.50 bits per heavy atom. The van der Waals surface area contributed by atoms with Crippen molar-refractivity contribution in [1.29, 1.82) is 0 Å². The second-order valence-corrected chi connectivity index (χ2v) is 4.23. The fourth-order valence-electron chi connectivity index (χ4n) is 2.06. The molecule has 0 radical (unpaired) electrons. The summed E-state index contributed by atoms with van der Waals surface area (Å²) >= 11 is 0. The van der Waals surface area contributed by atoms with Gasteiger partial charge >= 0.3 is 0 Å². The molecule has 2 aliphatic heterocycles. The molecule has 1 saturated heterocycles. The summed E-state index contributed by atoms with van der Waals surface area (Å²) in [5.74, 6) is 1.06. The molecule has 2 heterocycles. The van der Waals surface area contributed by atoms with E-state index in [1.807, 2.05) is 6.34 Å². The fourth-order valence-corrected chi connectivity index (χ4v) is 2.06. The van der Waals surface area contributed by atoms with Crippen LogP contribution in [0.15, 0.2) is 16.6 Å². The van der Waals surface area contributed by atoms with Crippen LogP contribution in [0.1, 0.15) is 26.7 Å². The van der Waals surface area contributed by atoms with Gasteiger partial charge in [-0.25, -0.2) is 0 Å². The molecule has 2 aliphatic rings. The number of rotatable bonds is 5. The molecule has 0 aliphatic carbocycles. The van der Waals surface area contributed by atoms with Crippen LogP contribution in [0.3, 0.4) is 0 Å². The smallest absolute Gasteiger partial charge is 0.141 e. The minimum absolute atomic E-state index is 0.921. The first-order valence-electron chi connectivity index (χ1n) is 6.10. The number of hydrogen-bond acceptors (Lipinski definition) is 5. The number of nitrogens with zero attached hydrogens (tertiary/aromatic N) is 3. The Kier molecular flexibility index (Phi) is 3.66. The monoisotopic (exact) mass is 223 g/mol. The number of fused-ring (bicyclic) bond motifs is 1. The predicted octanol–water partition coefficient (Wildman–Crippen LogP) is 0.687. The van der Waals surface area contributed by atoms with Crippen LogP contribution in [0.4, 0.5) is 0 Å². The molecular formula is C11H21N5. The maximum Gasteiger partial charge on any atom is 0.141 e. The van der Waals surface area contributed by atoms with Crippen LogP contribution in [-0.2, 0) is 0 Å². The zero-order valence-corrected chi connectivity index (χ0v) is 10.2. The summed E-state index contributed by atoms with van der Waals surface area (Å²) < 4.78 is 0. The number of unbranched alkanes of at least 4 members (excludes halogenated alkanes) is 1. The van der Waals surface area contributed by atoms with Gasteiger partial charge in [-0.2, -0.15) is 5.10 Å². The molecule has 0 atom stereocenters. The minimum Gasteiger partial charge on any atom is -0.369 e. The molecule has 0 saturated carbocycles. The lowest BCUT2D eigenvalue weighted by atomic mass is 10.3. The van der Waals surface area contributed by atoms with Crippen molar-refractivity contribution in [1.82, 2.24) is 20.5 Å². The molecule has 0 aromatic heterocycles. The maximum absolute atomic E-state index is 4.14. The van der Waals surface area contributed by atoms with E-state index in [4.69, 9.17) is 0 Å². The number of hydrazone groups is 1. The van der Waals surface area contributed by atoms with Crippen LogP contribution in [0.5, 0.6) is 0 Å². The van der Waals surface area contributed by atoms with Crippen molar-refractivity contribution >= 4 is 6.34 Å². The van der Waals surface area contributed by atoms with Gasteiger partial charge in [-0.3, -0.25) is 10.3 Å². The lowest BCUT2D eigenvalue weighted by Gasteiger charge is -2.22. The molecule has 1 fully saturated rings. The molecule has 0 aromatic rings. The lowest BCUT2D eigenvalue weighted by Crippen LogP contribution is -2.34. The molecule has 0 amide bonds. The van der Waals surface area contributed by atoms with Gasteiger partial charge in [0.2, 0.25) is 0 Å². The summed E-state index contributed by atoms with van der Waals surface area (Å²) in [7, 11) is 0. The van der Waals surface area contributed by atoms with Crippen LogP contribution in [0.25, 0.3) is 0 Å². The Bertz CT molecular complexity index is 297. The highest BCUT2D eigenvalue weighted by Gasteiger charge is 2.27. The quantitative estimate of drug-likeness (QED) is 0.719. The van der Waals surface area contributed by atoms with Gasteiger partial charge in [0.25, 0.3) is 0 Å². The summed E-state index contributed by atoms with van der Waals surface area (Å²) in [6.45, 7) is 8.40. The molecule has 2 N–H and O–H groups in total. The molecule has 5 heteroatoms. The average molecular weight is 223 g/mol. The Balaban J connectivity index is 2.00. The van der Waals surface area contributed by atoms with Gasteiger partial charge in [-0.15, -0.1) is 0 Å². The molecule has 16 heavy (non-hydrogen) atoms. The normalized spacial score (nSPS) is 20.0. The first-order valence-corrected chi connectivity index (χ1v) is 6.10. The Morgan fingerprint density at radius 3 is 3.12 bits per heavy atom. The van der Waals surface area contributed by atoms with E-state index in [1.54, 1.807) is 0 Å². The third-order valence-electron chi connectivity index (χ3n) is 2.92. The second kappa shape index (κ2) is 5.21. The maximum atomic E-state index is 4.14. The predicted molar refractivity (Wildman–Crippen MR) is 65.5 cm³/mol. The van der Waals surface area contributed by atoms with Gasteiger partial charge in [0.1, 0.15) is 12.2 Å². The summed E-state index contributed by atoms with van der Waals surface area (Å²) in [5.41, 5.74) is 4.35. The van der Waals surface area contributed by atoms with E-state index in [1.165, 1.54) is 25.1 Å². The highest BCUT2D eigenvalue weighted by atomic mass is 15.5. The summed E-state index contributed by atoms with van der Waals surface area (Å²) in [6, 6.07) is 0.